The van der Waals surface area contributed by atoms with Gasteiger partial charge in [-0.05, 0) is 30.7 Å². The second-order valence-electron chi connectivity index (χ2n) is 5.66. The Morgan fingerprint density at radius 3 is 3.13 bits per heavy atom. The molecule has 4 N–H and O–H groups in total. The first kappa shape index (κ1) is 14.5. The Bertz CT molecular complexity index is 794. The standard InChI is InChI=1S/C15H18ClN7/c1-23-15(20-14(22-23)9-4-6-17-7-5-9)19-12-3-2-11-10(13(12)16)8-18-21-11/h2-4,8,14,17,22H,5-7H2,1H3,(H,18,21)(H,19,20). The average molecular weight is 332 g/mol. The fourth-order valence-corrected chi connectivity index (χ4v) is 3.11. The number of aromatic amines is 1. The minimum atomic E-state index is -0.0129. The maximum atomic E-state index is 6.46. The van der Waals surface area contributed by atoms with Gasteiger partial charge in [-0.25, -0.2) is 10.4 Å². The summed E-state index contributed by atoms with van der Waals surface area (Å²) in [5, 5.41) is 17.0. The van der Waals surface area contributed by atoms with Crippen molar-refractivity contribution in [1.29, 1.82) is 0 Å². The number of aliphatic imine (C=N–C) groups is 1. The molecule has 0 spiro atoms. The number of rotatable bonds is 2. The highest BCUT2D eigenvalue weighted by molar-refractivity contribution is 6.38. The Balaban J connectivity index is 1.59. The van der Waals surface area contributed by atoms with Gasteiger partial charge in [0.15, 0.2) is 0 Å². The van der Waals surface area contributed by atoms with Crippen LogP contribution in [-0.4, -0.2) is 47.5 Å². The van der Waals surface area contributed by atoms with Gasteiger partial charge in [-0.3, -0.25) is 10.1 Å². The lowest BCUT2D eigenvalue weighted by Crippen LogP contribution is -2.41. The molecule has 3 heterocycles. The number of fused-ring (bicyclic) bond motifs is 1. The highest BCUT2D eigenvalue weighted by atomic mass is 35.5. The van der Waals surface area contributed by atoms with E-state index in [-0.39, 0.29) is 6.17 Å². The summed E-state index contributed by atoms with van der Waals surface area (Å²) in [6.45, 7) is 1.90. The average Bonchev–Trinajstić information content (AvgIpc) is 3.19. The SMILES string of the molecule is CN1NC(C2=CCNCC2)N=C1Nc1ccc2[nH]ncc2c1Cl. The highest BCUT2D eigenvalue weighted by Crippen LogP contribution is 2.30. The zero-order valence-corrected chi connectivity index (χ0v) is 13.5. The molecule has 8 heteroatoms. The Labute approximate surface area is 138 Å². The van der Waals surface area contributed by atoms with Gasteiger partial charge in [0, 0.05) is 19.0 Å². The largest absolute Gasteiger partial charge is 0.324 e. The summed E-state index contributed by atoms with van der Waals surface area (Å²) in [4.78, 5) is 4.74. The van der Waals surface area contributed by atoms with E-state index in [0.29, 0.717) is 5.02 Å². The van der Waals surface area contributed by atoms with Crippen LogP contribution < -0.4 is 16.1 Å². The molecule has 0 saturated heterocycles. The number of H-pyrrole nitrogens is 1. The van der Waals surface area contributed by atoms with E-state index >= 15 is 0 Å². The molecule has 1 aromatic carbocycles. The van der Waals surface area contributed by atoms with E-state index in [2.05, 4.69) is 32.3 Å². The van der Waals surface area contributed by atoms with Crippen molar-refractivity contribution in [3.63, 3.8) is 0 Å². The number of anilines is 1. The summed E-state index contributed by atoms with van der Waals surface area (Å²) in [7, 11) is 1.94. The van der Waals surface area contributed by atoms with E-state index in [9.17, 15) is 0 Å². The molecule has 2 aromatic rings. The Hall–Kier alpha value is -2.09. The van der Waals surface area contributed by atoms with E-state index in [0.717, 1.165) is 42.1 Å². The number of nitrogens with one attached hydrogen (secondary N) is 4. The topological polar surface area (TPSA) is 80.4 Å². The Morgan fingerprint density at radius 1 is 1.39 bits per heavy atom. The van der Waals surface area contributed by atoms with Crippen LogP contribution in [0, 0.1) is 0 Å². The quantitative estimate of drug-likeness (QED) is 0.630. The van der Waals surface area contributed by atoms with Crippen molar-refractivity contribution in [2.45, 2.75) is 12.6 Å². The molecule has 0 radical (unpaired) electrons. The van der Waals surface area contributed by atoms with Crippen molar-refractivity contribution < 1.29 is 0 Å². The van der Waals surface area contributed by atoms with E-state index in [4.69, 9.17) is 16.6 Å². The van der Waals surface area contributed by atoms with E-state index in [1.54, 1.807) is 6.20 Å². The van der Waals surface area contributed by atoms with Gasteiger partial charge >= 0.3 is 0 Å². The molecule has 0 bridgehead atoms. The molecule has 120 valence electrons. The van der Waals surface area contributed by atoms with Gasteiger partial charge in [-0.1, -0.05) is 17.7 Å². The third kappa shape index (κ3) is 2.67. The number of hydrazine groups is 1. The van der Waals surface area contributed by atoms with Crippen LogP contribution in [0.5, 0.6) is 0 Å². The number of hydrogen-bond acceptors (Lipinski definition) is 6. The first-order valence-electron chi connectivity index (χ1n) is 7.58. The number of nitrogens with zero attached hydrogens (tertiary/aromatic N) is 3. The summed E-state index contributed by atoms with van der Waals surface area (Å²) in [5.41, 5.74) is 6.39. The molecule has 0 amide bonds. The fourth-order valence-electron chi connectivity index (χ4n) is 2.85. The molecular formula is C15H18ClN7. The number of aromatic nitrogens is 2. The van der Waals surface area contributed by atoms with Crippen LogP contribution in [0.4, 0.5) is 5.69 Å². The zero-order valence-electron chi connectivity index (χ0n) is 12.7. The van der Waals surface area contributed by atoms with Crippen molar-refractivity contribution in [3.8, 4) is 0 Å². The Kier molecular flexibility index (Phi) is 3.68. The summed E-state index contributed by atoms with van der Waals surface area (Å²) in [6.07, 6.45) is 4.92. The second kappa shape index (κ2) is 5.84. The molecule has 0 aliphatic carbocycles. The minimum absolute atomic E-state index is 0.0129. The summed E-state index contributed by atoms with van der Waals surface area (Å²) >= 11 is 6.46. The summed E-state index contributed by atoms with van der Waals surface area (Å²) in [6, 6.07) is 3.88. The van der Waals surface area contributed by atoms with Gasteiger partial charge in [0.2, 0.25) is 5.96 Å². The van der Waals surface area contributed by atoms with Crippen LogP contribution in [-0.2, 0) is 0 Å². The molecule has 0 saturated carbocycles. The molecule has 1 aromatic heterocycles. The van der Waals surface area contributed by atoms with Gasteiger partial charge in [0.05, 0.1) is 22.4 Å². The lowest BCUT2D eigenvalue weighted by Gasteiger charge is -2.20. The molecular weight excluding hydrogens is 314 g/mol. The van der Waals surface area contributed by atoms with Crippen LogP contribution in [0.2, 0.25) is 5.02 Å². The molecule has 1 unspecified atom stereocenters. The maximum Gasteiger partial charge on any atom is 0.214 e. The molecule has 7 nitrogen and oxygen atoms in total. The van der Waals surface area contributed by atoms with Crippen LogP contribution in [0.25, 0.3) is 10.9 Å². The van der Waals surface area contributed by atoms with Crippen molar-refractivity contribution in [2.24, 2.45) is 4.99 Å². The fraction of sp³-hybridized carbons (Fsp3) is 0.333. The number of hydrogen-bond donors (Lipinski definition) is 4. The predicted molar refractivity (Wildman–Crippen MR) is 92.4 cm³/mol. The van der Waals surface area contributed by atoms with Gasteiger partial charge in [0.1, 0.15) is 6.17 Å². The number of halogens is 1. The van der Waals surface area contributed by atoms with Crippen LogP contribution in [0.3, 0.4) is 0 Å². The normalized spacial score (nSPS) is 21.5. The van der Waals surface area contributed by atoms with E-state index < -0.39 is 0 Å². The molecule has 2 aliphatic heterocycles. The second-order valence-corrected chi connectivity index (χ2v) is 6.04. The van der Waals surface area contributed by atoms with Gasteiger partial charge in [-0.15, -0.1) is 0 Å². The monoisotopic (exact) mass is 331 g/mol. The lowest BCUT2D eigenvalue weighted by molar-refractivity contribution is 0.363. The maximum absolute atomic E-state index is 6.46. The van der Waals surface area contributed by atoms with E-state index in [1.807, 2.05) is 24.2 Å². The summed E-state index contributed by atoms with van der Waals surface area (Å²) in [5.74, 6) is 0.749. The van der Waals surface area contributed by atoms with E-state index in [1.165, 1.54) is 5.57 Å². The van der Waals surface area contributed by atoms with Gasteiger partial charge in [-0.2, -0.15) is 5.10 Å². The first-order valence-corrected chi connectivity index (χ1v) is 7.96. The van der Waals surface area contributed by atoms with Crippen molar-refractivity contribution in [2.75, 3.05) is 25.5 Å². The van der Waals surface area contributed by atoms with Gasteiger partial charge < -0.3 is 10.6 Å². The molecule has 4 rings (SSSR count). The molecule has 1 atom stereocenters. The van der Waals surface area contributed by atoms with Crippen molar-refractivity contribution in [3.05, 3.63) is 35.0 Å². The third-order valence-corrected chi connectivity index (χ3v) is 4.55. The predicted octanol–water partition coefficient (Wildman–Crippen LogP) is 1.68. The smallest absolute Gasteiger partial charge is 0.214 e. The Morgan fingerprint density at radius 2 is 2.30 bits per heavy atom. The molecule has 2 aliphatic rings. The number of guanidine groups is 1. The third-order valence-electron chi connectivity index (χ3n) is 4.14. The van der Waals surface area contributed by atoms with Gasteiger partial charge in [0.25, 0.3) is 0 Å². The van der Waals surface area contributed by atoms with Crippen LogP contribution in [0.1, 0.15) is 6.42 Å². The molecule has 0 fully saturated rings. The lowest BCUT2D eigenvalue weighted by atomic mass is 10.1. The first-order chi connectivity index (χ1) is 11.2. The highest BCUT2D eigenvalue weighted by Gasteiger charge is 2.25. The van der Waals surface area contributed by atoms with Crippen LogP contribution >= 0.6 is 11.6 Å². The molecule has 23 heavy (non-hydrogen) atoms. The van der Waals surface area contributed by atoms with Crippen molar-refractivity contribution in [1.82, 2.24) is 25.9 Å². The minimum Gasteiger partial charge on any atom is -0.324 e. The summed E-state index contributed by atoms with van der Waals surface area (Å²) < 4.78 is 0. The zero-order chi connectivity index (χ0) is 15.8. The number of benzene rings is 1. The van der Waals surface area contributed by atoms with Crippen LogP contribution in [0.15, 0.2) is 35.0 Å². The van der Waals surface area contributed by atoms with Crippen molar-refractivity contribution >= 4 is 34.2 Å².